The van der Waals surface area contributed by atoms with Crippen molar-refractivity contribution in [3.05, 3.63) is 58.5 Å². The third-order valence-electron chi connectivity index (χ3n) is 2.91. The number of rotatable bonds is 5. The third kappa shape index (κ3) is 2.88. The second kappa shape index (κ2) is 6.06. The third-order valence-corrected chi connectivity index (χ3v) is 2.91. The van der Waals surface area contributed by atoms with E-state index in [1.54, 1.807) is 42.6 Å². The minimum atomic E-state index is -0.328. The summed E-state index contributed by atoms with van der Waals surface area (Å²) in [5.74, 6) is 0.652. The van der Waals surface area contributed by atoms with Crippen LogP contribution in [0.4, 0.5) is 0 Å². The SMILES string of the molecule is COc1cccc(C(=O)Cn2cccc(OC)c2=O)c1. The number of pyridine rings is 1. The topological polar surface area (TPSA) is 57.5 Å². The van der Waals surface area contributed by atoms with Gasteiger partial charge >= 0.3 is 0 Å². The quantitative estimate of drug-likeness (QED) is 0.779. The fourth-order valence-corrected chi connectivity index (χ4v) is 1.84. The monoisotopic (exact) mass is 273 g/mol. The summed E-state index contributed by atoms with van der Waals surface area (Å²) in [6.07, 6.45) is 1.56. The van der Waals surface area contributed by atoms with Crippen LogP contribution in [0.15, 0.2) is 47.4 Å². The van der Waals surface area contributed by atoms with Gasteiger partial charge in [-0.05, 0) is 24.3 Å². The second-order valence-electron chi connectivity index (χ2n) is 4.16. The van der Waals surface area contributed by atoms with Gasteiger partial charge in [0.05, 0.1) is 20.8 Å². The van der Waals surface area contributed by atoms with Crippen molar-refractivity contribution >= 4 is 5.78 Å². The Kier molecular flexibility index (Phi) is 4.20. The zero-order chi connectivity index (χ0) is 14.5. The van der Waals surface area contributed by atoms with Crippen molar-refractivity contribution in [2.75, 3.05) is 14.2 Å². The lowest BCUT2D eigenvalue weighted by molar-refractivity contribution is 0.0970. The molecule has 0 spiro atoms. The molecule has 104 valence electrons. The van der Waals surface area contributed by atoms with Gasteiger partial charge in [-0.15, -0.1) is 0 Å². The second-order valence-corrected chi connectivity index (χ2v) is 4.16. The van der Waals surface area contributed by atoms with Crippen LogP contribution in [-0.2, 0) is 6.54 Å². The molecule has 1 aromatic carbocycles. The maximum Gasteiger partial charge on any atom is 0.293 e. The summed E-state index contributed by atoms with van der Waals surface area (Å²) in [5.41, 5.74) is 0.172. The molecule has 0 saturated carbocycles. The minimum absolute atomic E-state index is 0.0385. The van der Waals surface area contributed by atoms with Crippen molar-refractivity contribution in [1.29, 1.82) is 0 Å². The van der Waals surface area contributed by atoms with E-state index < -0.39 is 0 Å². The van der Waals surface area contributed by atoms with Gasteiger partial charge in [-0.2, -0.15) is 0 Å². The van der Waals surface area contributed by atoms with Crippen LogP contribution in [0.1, 0.15) is 10.4 Å². The standard InChI is InChI=1S/C15H15NO4/c1-19-12-6-3-5-11(9-12)13(17)10-16-8-4-7-14(20-2)15(16)18/h3-9H,10H2,1-2H3. The van der Waals surface area contributed by atoms with Gasteiger partial charge in [-0.25, -0.2) is 0 Å². The van der Waals surface area contributed by atoms with Gasteiger partial charge < -0.3 is 14.0 Å². The molecule has 0 saturated heterocycles. The summed E-state index contributed by atoms with van der Waals surface area (Å²) in [7, 11) is 2.96. The predicted octanol–water partition coefficient (Wildman–Crippen LogP) is 1.75. The van der Waals surface area contributed by atoms with Crippen LogP contribution in [-0.4, -0.2) is 24.6 Å². The Morgan fingerprint density at radius 3 is 2.65 bits per heavy atom. The number of ether oxygens (including phenoxy) is 2. The molecule has 0 aliphatic rings. The molecular weight excluding hydrogens is 258 g/mol. The maximum absolute atomic E-state index is 12.2. The first kappa shape index (κ1) is 13.9. The van der Waals surface area contributed by atoms with Crippen molar-refractivity contribution in [1.82, 2.24) is 4.57 Å². The highest BCUT2D eigenvalue weighted by Gasteiger charge is 2.10. The molecule has 0 amide bonds. The zero-order valence-electron chi connectivity index (χ0n) is 11.3. The van der Waals surface area contributed by atoms with Crippen molar-refractivity contribution in [2.45, 2.75) is 6.54 Å². The van der Waals surface area contributed by atoms with Gasteiger partial charge in [0.1, 0.15) is 5.75 Å². The first-order valence-electron chi connectivity index (χ1n) is 6.06. The van der Waals surface area contributed by atoms with E-state index >= 15 is 0 Å². The summed E-state index contributed by atoms with van der Waals surface area (Å²) >= 11 is 0. The van der Waals surface area contributed by atoms with Crippen LogP contribution in [0, 0.1) is 0 Å². The minimum Gasteiger partial charge on any atom is -0.497 e. The molecule has 0 aliphatic carbocycles. The summed E-state index contributed by atoms with van der Waals surface area (Å²) in [4.78, 5) is 24.1. The van der Waals surface area contributed by atoms with E-state index in [9.17, 15) is 9.59 Å². The fraction of sp³-hybridized carbons (Fsp3) is 0.200. The molecule has 0 N–H and O–H groups in total. The normalized spacial score (nSPS) is 10.1. The van der Waals surface area contributed by atoms with Crippen molar-refractivity contribution in [3.8, 4) is 11.5 Å². The number of Topliss-reactive ketones (excluding diaryl/α,β-unsaturated/α-hetero) is 1. The lowest BCUT2D eigenvalue weighted by Crippen LogP contribution is -2.24. The molecule has 5 nitrogen and oxygen atoms in total. The van der Waals surface area contributed by atoms with Crippen molar-refractivity contribution < 1.29 is 14.3 Å². The van der Waals surface area contributed by atoms with E-state index in [0.717, 1.165) is 0 Å². The molecule has 0 bridgehead atoms. The van der Waals surface area contributed by atoms with E-state index in [1.165, 1.54) is 18.8 Å². The summed E-state index contributed by atoms with van der Waals surface area (Å²) in [5, 5.41) is 0. The average Bonchev–Trinajstić information content (AvgIpc) is 2.49. The molecule has 2 aromatic rings. The van der Waals surface area contributed by atoms with Gasteiger partial charge in [-0.1, -0.05) is 12.1 Å². The molecule has 0 fully saturated rings. The van der Waals surface area contributed by atoms with Gasteiger partial charge in [0.2, 0.25) is 0 Å². The van der Waals surface area contributed by atoms with Crippen molar-refractivity contribution in [2.24, 2.45) is 0 Å². The summed E-state index contributed by atoms with van der Waals surface area (Å²) in [6, 6.07) is 10.1. The molecule has 1 heterocycles. The Balaban J connectivity index is 2.25. The van der Waals surface area contributed by atoms with Gasteiger partial charge in [0, 0.05) is 11.8 Å². The van der Waals surface area contributed by atoms with Gasteiger partial charge in [0.15, 0.2) is 11.5 Å². The Hall–Kier alpha value is -2.56. The molecule has 0 atom stereocenters. The first-order valence-corrected chi connectivity index (χ1v) is 6.06. The van der Waals surface area contributed by atoms with Crippen LogP contribution in [0.5, 0.6) is 11.5 Å². The number of benzene rings is 1. The van der Waals surface area contributed by atoms with E-state index in [2.05, 4.69) is 0 Å². The largest absolute Gasteiger partial charge is 0.497 e. The highest BCUT2D eigenvalue weighted by Crippen LogP contribution is 2.13. The number of methoxy groups -OCH3 is 2. The number of aromatic nitrogens is 1. The predicted molar refractivity (Wildman–Crippen MR) is 74.6 cm³/mol. The summed E-state index contributed by atoms with van der Waals surface area (Å²) < 4.78 is 11.3. The Morgan fingerprint density at radius 1 is 1.15 bits per heavy atom. The number of carbonyl (C=O) groups excluding carboxylic acids is 1. The lowest BCUT2D eigenvalue weighted by Gasteiger charge is -2.07. The Labute approximate surface area is 116 Å². The van der Waals surface area contributed by atoms with Crippen LogP contribution < -0.4 is 15.0 Å². The van der Waals surface area contributed by atoms with Gasteiger partial charge in [-0.3, -0.25) is 9.59 Å². The smallest absolute Gasteiger partial charge is 0.293 e. The average molecular weight is 273 g/mol. The van der Waals surface area contributed by atoms with E-state index in [0.29, 0.717) is 11.3 Å². The van der Waals surface area contributed by atoms with E-state index in [-0.39, 0.29) is 23.6 Å². The molecule has 5 heteroatoms. The molecule has 0 unspecified atom stereocenters. The number of hydrogen-bond donors (Lipinski definition) is 0. The highest BCUT2D eigenvalue weighted by atomic mass is 16.5. The van der Waals surface area contributed by atoms with Crippen LogP contribution in [0.3, 0.4) is 0 Å². The Morgan fingerprint density at radius 2 is 1.95 bits per heavy atom. The number of nitrogens with zero attached hydrogens (tertiary/aromatic N) is 1. The molecule has 0 aliphatic heterocycles. The highest BCUT2D eigenvalue weighted by molar-refractivity contribution is 5.96. The van der Waals surface area contributed by atoms with Gasteiger partial charge in [0.25, 0.3) is 5.56 Å². The first-order chi connectivity index (χ1) is 9.65. The van der Waals surface area contributed by atoms with Crippen LogP contribution in [0.25, 0.3) is 0 Å². The molecular formula is C15H15NO4. The molecule has 0 radical (unpaired) electrons. The zero-order valence-corrected chi connectivity index (χ0v) is 11.3. The number of carbonyl (C=O) groups is 1. The van der Waals surface area contributed by atoms with Crippen LogP contribution in [0.2, 0.25) is 0 Å². The van der Waals surface area contributed by atoms with Crippen LogP contribution >= 0.6 is 0 Å². The van der Waals surface area contributed by atoms with E-state index in [1.807, 2.05) is 0 Å². The van der Waals surface area contributed by atoms with E-state index in [4.69, 9.17) is 9.47 Å². The van der Waals surface area contributed by atoms with Crippen molar-refractivity contribution in [3.63, 3.8) is 0 Å². The Bertz CT molecular complexity index is 676. The molecule has 2 rings (SSSR count). The molecule has 1 aromatic heterocycles. The fourth-order valence-electron chi connectivity index (χ4n) is 1.84. The molecule has 20 heavy (non-hydrogen) atoms. The maximum atomic E-state index is 12.2. The number of hydrogen-bond acceptors (Lipinski definition) is 4. The summed E-state index contributed by atoms with van der Waals surface area (Å²) in [6.45, 7) is -0.0385. The lowest BCUT2D eigenvalue weighted by atomic mass is 10.1. The number of ketones is 1.